The molecule has 1 aromatic heterocycles. The molecule has 0 spiro atoms. The SMILES string of the molecule is COc1cc2[nH]c(C)c(-c3ccc(Cl)cc3C)c(=O)c2cc1Cl. The quantitative estimate of drug-likeness (QED) is 0.698. The van der Waals surface area contributed by atoms with E-state index >= 15 is 0 Å². The first-order valence-corrected chi connectivity index (χ1v) is 7.84. The number of nitrogens with one attached hydrogen (secondary N) is 1. The van der Waals surface area contributed by atoms with Crippen LogP contribution in [-0.4, -0.2) is 12.1 Å². The first kappa shape index (κ1) is 15.9. The zero-order valence-corrected chi connectivity index (χ0v) is 14.5. The number of rotatable bonds is 2. The van der Waals surface area contributed by atoms with Gasteiger partial charge in [-0.15, -0.1) is 0 Å². The second-order valence-corrected chi connectivity index (χ2v) is 6.29. The monoisotopic (exact) mass is 347 g/mol. The van der Waals surface area contributed by atoms with E-state index in [0.29, 0.717) is 32.3 Å². The van der Waals surface area contributed by atoms with Gasteiger partial charge in [-0.3, -0.25) is 4.79 Å². The molecular weight excluding hydrogens is 333 g/mol. The lowest BCUT2D eigenvalue weighted by molar-refractivity contribution is 0.415. The number of aryl methyl sites for hydroxylation is 2. The van der Waals surface area contributed by atoms with Crippen LogP contribution in [0.1, 0.15) is 11.3 Å². The topological polar surface area (TPSA) is 42.1 Å². The van der Waals surface area contributed by atoms with Gasteiger partial charge in [0.25, 0.3) is 0 Å². The maximum absolute atomic E-state index is 13.0. The molecule has 0 fully saturated rings. The van der Waals surface area contributed by atoms with Gasteiger partial charge in [-0.1, -0.05) is 29.3 Å². The van der Waals surface area contributed by atoms with Crippen molar-refractivity contribution >= 4 is 34.1 Å². The third kappa shape index (κ3) is 2.71. The number of H-pyrrole nitrogens is 1. The maximum Gasteiger partial charge on any atom is 0.197 e. The Balaban J connectivity index is 2.37. The highest BCUT2D eigenvalue weighted by Crippen LogP contribution is 2.31. The van der Waals surface area contributed by atoms with E-state index in [1.54, 1.807) is 25.3 Å². The van der Waals surface area contributed by atoms with E-state index in [-0.39, 0.29) is 5.43 Å². The summed E-state index contributed by atoms with van der Waals surface area (Å²) < 4.78 is 5.21. The van der Waals surface area contributed by atoms with Crippen LogP contribution in [0.3, 0.4) is 0 Å². The minimum Gasteiger partial charge on any atom is -0.495 e. The first-order valence-electron chi connectivity index (χ1n) is 7.09. The fraction of sp³-hybridized carbons (Fsp3) is 0.167. The molecule has 1 N–H and O–H groups in total. The number of halogens is 2. The number of hydrogen-bond acceptors (Lipinski definition) is 2. The maximum atomic E-state index is 13.0. The number of benzene rings is 2. The van der Waals surface area contributed by atoms with E-state index in [9.17, 15) is 4.79 Å². The fourth-order valence-corrected chi connectivity index (χ4v) is 3.27. The average Bonchev–Trinajstić information content (AvgIpc) is 2.49. The summed E-state index contributed by atoms with van der Waals surface area (Å²) in [5.41, 5.74) is 3.87. The Labute approximate surface area is 143 Å². The Morgan fingerprint density at radius 1 is 1.09 bits per heavy atom. The molecule has 1 heterocycles. The summed E-state index contributed by atoms with van der Waals surface area (Å²) in [5.74, 6) is 0.532. The van der Waals surface area contributed by atoms with Gasteiger partial charge >= 0.3 is 0 Å². The number of pyridine rings is 1. The third-order valence-corrected chi connectivity index (χ3v) is 4.45. The van der Waals surface area contributed by atoms with Crippen molar-refractivity contribution in [2.75, 3.05) is 7.11 Å². The van der Waals surface area contributed by atoms with Crippen molar-refractivity contribution in [3.8, 4) is 16.9 Å². The van der Waals surface area contributed by atoms with Crippen LogP contribution in [-0.2, 0) is 0 Å². The number of fused-ring (bicyclic) bond motifs is 1. The second-order valence-electron chi connectivity index (χ2n) is 5.45. The molecule has 0 radical (unpaired) electrons. The Morgan fingerprint density at radius 3 is 2.48 bits per heavy atom. The molecule has 0 aliphatic carbocycles. The predicted molar refractivity (Wildman–Crippen MR) is 96.1 cm³/mol. The summed E-state index contributed by atoms with van der Waals surface area (Å²) >= 11 is 12.2. The smallest absolute Gasteiger partial charge is 0.197 e. The summed E-state index contributed by atoms with van der Waals surface area (Å²) in [7, 11) is 1.55. The average molecular weight is 348 g/mol. The Hall–Kier alpha value is -1.97. The Bertz CT molecular complexity index is 977. The zero-order chi connectivity index (χ0) is 16.7. The van der Waals surface area contributed by atoms with E-state index < -0.39 is 0 Å². The summed E-state index contributed by atoms with van der Waals surface area (Å²) in [6, 6.07) is 8.88. The molecule has 3 aromatic rings. The molecule has 0 amide bonds. The molecule has 0 saturated heterocycles. The molecule has 0 saturated carbocycles. The van der Waals surface area contributed by atoms with Gasteiger partial charge in [0.2, 0.25) is 0 Å². The zero-order valence-electron chi connectivity index (χ0n) is 13.0. The van der Waals surface area contributed by atoms with Crippen molar-refractivity contribution in [3.05, 3.63) is 61.9 Å². The molecule has 0 bridgehead atoms. The van der Waals surface area contributed by atoms with Crippen LogP contribution < -0.4 is 10.2 Å². The van der Waals surface area contributed by atoms with Crippen LogP contribution >= 0.6 is 23.2 Å². The molecule has 0 atom stereocenters. The molecule has 5 heteroatoms. The fourth-order valence-electron chi connectivity index (χ4n) is 2.80. The Kier molecular flexibility index (Phi) is 4.09. The summed E-state index contributed by atoms with van der Waals surface area (Å²) in [5, 5.41) is 1.59. The van der Waals surface area contributed by atoms with Gasteiger partial charge in [-0.25, -0.2) is 0 Å². The van der Waals surface area contributed by atoms with Crippen molar-refractivity contribution in [3.63, 3.8) is 0 Å². The van der Waals surface area contributed by atoms with E-state index in [1.165, 1.54) is 0 Å². The molecule has 0 aliphatic heterocycles. The van der Waals surface area contributed by atoms with E-state index in [4.69, 9.17) is 27.9 Å². The van der Waals surface area contributed by atoms with Crippen LogP contribution in [0.15, 0.2) is 35.1 Å². The van der Waals surface area contributed by atoms with Crippen molar-refractivity contribution in [1.82, 2.24) is 4.98 Å². The number of aromatic amines is 1. The minimum atomic E-state index is -0.0637. The van der Waals surface area contributed by atoms with E-state index in [2.05, 4.69) is 4.98 Å². The van der Waals surface area contributed by atoms with Crippen LogP contribution in [0.25, 0.3) is 22.0 Å². The lowest BCUT2D eigenvalue weighted by atomic mass is 9.97. The van der Waals surface area contributed by atoms with E-state index in [0.717, 1.165) is 16.8 Å². The molecule has 2 aromatic carbocycles. The summed E-state index contributed by atoms with van der Waals surface area (Å²) in [4.78, 5) is 16.3. The predicted octanol–water partition coefficient (Wildman–Crippen LogP) is 5.13. The largest absolute Gasteiger partial charge is 0.495 e. The first-order chi connectivity index (χ1) is 10.9. The van der Waals surface area contributed by atoms with Gasteiger partial charge < -0.3 is 9.72 Å². The van der Waals surface area contributed by atoms with E-state index in [1.807, 2.05) is 26.0 Å². The highest BCUT2D eigenvalue weighted by molar-refractivity contribution is 6.32. The molecule has 23 heavy (non-hydrogen) atoms. The normalized spacial score (nSPS) is 11.0. The van der Waals surface area contributed by atoms with Gasteiger partial charge in [0.15, 0.2) is 5.43 Å². The lowest BCUT2D eigenvalue weighted by Crippen LogP contribution is -2.10. The second kappa shape index (κ2) is 5.91. The molecule has 0 unspecified atom stereocenters. The molecule has 118 valence electrons. The third-order valence-electron chi connectivity index (χ3n) is 3.92. The van der Waals surface area contributed by atoms with Crippen LogP contribution in [0.5, 0.6) is 5.75 Å². The summed E-state index contributed by atoms with van der Waals surface area (Å²) in [6.07, 6.45) is 0. The molecule has 3 rings (SSSR count). The van der Waals surface area contributed by atoms with Crippen molar-refractivity contribution in [1.29, 1.82) is 0 Å². The van der Waals surface area contributed by atoms with Crippen LogP contribution in [0, 0.1) is 13.8 Å². The van der Waals surface area contributed by atoms with Crippen LogP contribution in [0.4, 0.5) is 0 Å². The van der Waals surface area contributed by atoms with Gasteiger partial charge in [-0.05, 0) is 43.2 Å². The van der Waals surface area contributed by atoms with Gasteiger partial charge in [0, 0.05) is 27.7 Å². The molecular formula is C18H15Cl2NO2. The molecule has 3 nitrogen and oxygen atoms in total. The number of aromatic nitrogens is 1. The summed E-state index contributed by atoms with van der Waals surface area (Å²) in [6.45, 7) is 3.82. The lowest BCUT2D eigenvalue weighted by Gasteiger charge is -2.12. The minimum absolute atomic E-state index is 0.0637. The molecule has 0 aliphatic rings. The van der Waals surface area contributed by atoms with Gasteiger partial charge in [-0.2, -0.15) is 0 Å². The van der Waals surface area contributed by atoms with Gasteiger partial charge in [0.1, 0.15) is 5.75 Å². The number of methoxy groups -OCH3 is 1. The standard InChI is InChI=1S/C18H15Cl2NO2/c1-9-6-11(19)4-5-12(9)17-10(2)21-15-8-16(23-3)14(20)7-13(15)18(17)22/h4-8H,1-3H3,(H,21,22). The number of hydrogen-bond donors (Lipinski definition) is 1. The van der Waals surface area contributed by atoms with Crippen molar-refractivity contribution < 1.29 is 4.74 Å². The van der Waals surface area contributed by atoms with Gasteiger partial charge in [0.05, 0.1) is 17.6 Å². The highest BCUT2D eigenvalue weighted by Gasteiger charge is 2.15. The number of ether oxygens (including phenoxy) is 1. The highest BCUT2D eigenvalue weighted by atomic mass is 35.5. The van der Waals surface area contributed by atoms with Crippen LogP contribution in [0.2, 0.25) is 10.0 Å². The Morgan fingerprint density at radius 2 is 1.83 bits per heavy atom. The van der Waals surface area contributed by atoms with Crippen molar-refractivity contribution in [2.45, 2.75) is 13.8 Å². The van der Waals surface area contributed by atoms with Crippen molar-refractivity contribution in [2.24, 2.45) is 0 Å².